The number of rotatable bonds is 5. The molecule has 6 N–H and O–H groups in total. The van der Waals surface area contributed by atoms with Crippen LogP contribution in [0.25, 0.3) is 10.9 Å². The number of carbonyl (C=O) groups excluding carboxylic acids is 1. The van der Waals surface area contributed by atoms with Crippen LogP contribution in [0.2, 0.25) is 0 Å². The Morgan fingerprint density at radius 3 is 2.57 bits per heavy atom. The number of aromatic nitrogens is 2. The zero-order chi connectivity index (χ0) is 25.0. The molecule has 3 aliphatic carbocycles. The van der Waals surface area contributed by atoms with Gasteiger partial charge in [0.25, 0.3) is 5.91 Å². The highest BCUT2D eigenvalue weighted by Crippen LogP contribution is 2.65. The van der Waals surface area contributed by atoms with Crippen molar-refractivity contribution >= 4 is 28.6 Å². The molecular formula is C27H39N7O. The van der Waals surface area contributed by atoms with Crippen LogP contribution in [0.1, 0.15) is 81.9 Å². The van der Waals surface area contributed by atoms with Gasteiger partial charge in [-0.2, -0.15) is 0 Å². The van der Waals surface area contributed by atoms with Crippen LogP contribution in [-0.2, 0) is 0 Å². The van der Waals surface area contributed by atoms with Gasteiger partial charge in [-0.25, -0.2) is 15.0 Å². The van der Waals surface area contributed by atoms with Gasteiger partial charge in [-0.1, -0.05) is 45.2 Å². The summed E-state index contributed by atoms with van der Waals surface area (Å²) >= 11 is 0. The van der Waals surface area contributed by atoms with Gasteiger partial charge in [0.15, 0.2) is 5.96 Å². The van der Waals surface area contributed by atoms with Crippen molar-refractivity contribution in [1.29, 1.82) is 0 Å². The van der Waals surface area contributed by atoms with E-state index in [-0.39, 0.29) is 46.6 Å². The number of aliphatic imine (C=N–C) groups is 1. The summed E-state index contributed by atoms with van der Waals surface area (Å²) in [5.74, 6) is 1.44. The molecule has 5 unspecified atom stereocenters. The van der Waals surface area contributed by atoms with Crippen molar-refractivity contribution in [3.8, 4) is 0 Å². The Bertz CT molecular complexity index is 1170. The normalized spacial score (nSPS) is 31.3. The quantitative estimate of drug-likeness (QED) is 0.382. The molecule has 0 saturated heterocycles. The van der Waals surface area contributed by atoms with Crippen molar-refractivity contribution < 1.29 is 4.79 Å². The lowest BCUT2D eigenvalue weighted by Gasteiger charge is -2.39. The van der Waals surface area contributed by atoms with Crippen molar-refractivity contribution in [3.63, 3.8) is 0 Å². The van der Waals surface area contributed by atoms with E-state index < -0.39 is 0 Å². The number of nitrogens with two attached hydrogens (primary N) is 2. The Kier molecular flexibility index (Phi) is 5.88. The number of nitrogens with one attached hydrogen (secondary N) is 2. The van der Waals surface area contributed by atoms with Gasteiger partial charge in [0.05, 0.1) is 17.6 Å². The zero-order valence-corrected chi connectivity index (χ0v) is 21.4. The van der Waals surface area contributed by atoms with E-state index in [0.29, 0.717) is 11.7 Å². The summed E-state index contributed by atoms with van der Waals surface area (Å²) in [5.41, 5.74) is 13.6. The first-order valence-electron chi connectivity index (χ1n) is 13.0. The molecule has 5 rings (SSSR count). The van der Waals surface area contributed by atoms with Gasteiger partial charge in [0, 0.05) is 11.4 Å². The Labute approximate surface area is 207 Å². The van der Waals surface area contributed by atoms with Crippen molar-refractivity contribution in [2.45, 2.75) is 90.8 Å². The number of benzene rings is 1. The summed E-state index contributed by atoms with van der Waals surface area (Å²) in [4.78, 5) is 27.4. The van der Waals surface area contributed by atoms with Crippen LogP contribution in [0.4, 0.5) is 5.82 Å². The number of hydrogen-bond donors (Lipinski definition) is 4. The minimum Gasteiger partial charge on any atom is -0.370 e. The van der Waals surface area contributed by atoms with Gasteiger partial charge in [-0.15, -0.1) is 0 Å². The minimum absolute atomic E-state index is 0.0166. The van der Waals surface area contributed by atoms with Crippen molar-refractivity contribution in [1.82, 2.24) is 15.3 Å². The molecule has 35 heavy (non-hydrogen) atoms. The van der Waals surface area contributed by atoms with E-state index in [2.05, 4.69) is 47.4 Å². The largest absolute Gasteiger partial charge is 0.370 e. The second-order valence-electron chi connectivity index (χ2n) is 11.7. The second kappa shape index (κ2) is 8.64. The number of anilines is 1. The summed E-state index contributed by atoms with van der Waals surface area (Å²) in [7, 11) is 0. The number of hydrogen-bond acceptors (Lipinski definition) is 5. The Morgan fingerprint density at radius 2 is 1.89 bits per heavy atom. The van der Waals surface area contributed by atoms with Crippen LogP contribution < -0.4 is 22.1 Å². The molecule has 8 nitrogen and oxygen atoms in total. The summed E-state index contributed by atoms with van der Waals surface area (Å²) in [6.07, 6.45) is 7.46. The average Bonchev–Trinajstić information content (AvgIpc) is 3.13. The van der Waals surface area contributed by atoms with Crippen molar-refractivity contribution in [3.05, 3.63) is 29.6 Å². The van der Waals surface area contributed by atoms with E-state index in [1.807, 2.05) is 19.1 Å². The van der Waals surface area contributed by atoms with Crippen molar-refractivity contribution in [2.75, 3.05) is 5.32 Å². The number of guanidine groups is 1. The van der Waals surface area contributed by atoms with E-state index in [1.165, 1.54) is 6.42 Å². The molecule has 1 aromatic heterocycles. The topological polar surface area (TPSA) is 131 Å². The van der Waals surface area contributed by atoms with Crippen LogP contribution >= 0.6 is 0 Å². The van der Waals surface area contributed by atoms with Crippen LogP contribution in [0, 0.1) is 23.7 Å². The van der Waals surface area contributed by atoms with E-state index in [4.69, 9.17) is 16.5 Å². The molecule has 0 radical (unpaired) electrons. The molecule has 2 aromatic rings. The molecule has 3 fully saturated rings. The van der Waals surface area contributed by atoms with Crippen LogP contribution in [-0.4, -0.2) is 40.0 Å². The molecule has 8 heteroatoms. The Balaban J connectivity index is 1.45. The van der Waals surface area contributed by atoms with Gasteiger partial charge < -0.3 is 22.1 Å². The Morgan fingerprint density at radius 1 is 1.11 bits per heavy atom. The number of fused-ring (bicyclic) bond motifs is 3. The van der Waals surface area contributed by atoms with Gasteiger partial charge in [-0.3, -0.25) is 4.79 Å². The van der Waals surface area contributed by atoms with Crippen LogP contribution in [0.3, 0.4) is 0 Å². The molecule has 1 amide bonds. The number of nitrogens with zero attached hydrogens (tertiary/aromatic N) is 3. The van der Waals surface area contributed by atoms with Crippen LogP contribution in [0.5, 0.6) is 0 Å². The standard InChI is InChI=1S/C27H39N7O/c1-15-9-10-18-17(13-15)22(31-19-7-5-6-8-20(19)32-25(28)29)34-23(30-18)24(35)33-21-14-16-11-12-27(21,4)26(16,2)3/h9-10,13,16,19-21H,5-8,11-12,14H2,1-4H3,(H,33,35)(H4,28,29,32)(H,30,31,34). The molecule has 1 heterocycles. The highest BCUT2D eigenvalue weighted by Gasteiger charge is 2.61. The first-order chi connectivity index (χ1) is 16.6. The lowest BCUT2D eigenvalue weighted by atomic mass is 9.69. The van der Waals surface area contributed by atoms with Crippen molar-refractivity contribution in [2.24, 2.45) is 33.2 Å². The molecule has 1 aromatic carbocycles. The molecule has 0 spiro atoms. The summed E-state index contributed by atoms with van der Waals surface area (Å²) in [6.45, 7) is 9.08. The molecule has 5 atom stereocenters. The van der Waals surface area contributed by atoms with E-state index in [1.54, 1.807) is 0 Å². The molecule has 0 aliphatic heterocycles. The molecule has 2 bridgehead atoms. The van der Waals surface area contributed by atoms with Crippen LogP contribution in [0.15, 0.2) is 23.2 Å². The summed E-state index contributed by atoms with van der Waals surface area (Å²) < 4.78 is 0. The highest BCUT2D eigenvalue weighted by atomic mass is 16.2. The molecule has 188 valence electrons. The minimum atomic E-state index is -0.200. The molecule has 3 saturated carbocycles. The lowest BCUT2D eigenvalue weighted by Crippen LogP contribution is -2.47. The zero-order valence-electron chi connectivity index (χ0n) is 21.4. The maximum atomic E-state index is 13.5. The monoisotopic (exact) mass is 477 g/mol. The first kappa shape index (κ1) is 23.8. The van der Waals surface area contributed by atoms with E-state index >= 15 is 0 Å². The second-order valence-corrected chi connectivity index (χ2v) is 11.7. The predicted octanol–water partition coefficient (Wildman–Crippen LogP) is 3.88. The SMILES string of the molecule is Cc1ccc2nc(C(=O)NC3CC4CCC3(C)C4(C)C)nc(NC3CCCCC3N=C(N)N)c2c1. The number of amides is 1. The average molecular weight is 478 g/mol. The fraction of sp³-hybridized carbons (Fsp3) is 0.630. The maximum Gasteiger partial charge on any atom is 0.289 e. The number of aryl methyl sites for hydroxylation is 1. The highest BCUT2D eigenvalue weighted by molar-refractivity contribution is 5.97. The third-order valence-corrected chi connectivity index (χ3v) is 9.52. The first-order valence-corrected chi connectivity index (χ1v) is 13.0. The number of carbonyl (C=O) groups is 1. The van der Waals surface area contributed by atoms with Gasteiger partial charge in [0.1, 0.15) is 5.82 Å². The fourth-order valence-corrected chi connectivity index (χ4v) is 6.90. The van der Waals surface area contributed by atoms with Gasteiger partial charge in [-0.05, 0) is 67.9 Å². The van der Waals surface area contributed by atoms with Gasteiger partial charge >= 0.3 is 0 Å². The molecular weight excluding hydrogens is 438 g/mol. The van der Waals surface area contributed by atoms with Gasteiger partial charge in [0.2, 0.25) is 5.82 Å². The summed E-state index contributed by atoms with van der Waals surface area (Å²) in [5, 5.41) is 7.82. The predicted molar refractivity (Wildman–Crippen MR) is 140 cm³/mol. The smallest absolute Gasteiger partial charge is 0.289 e. The maximum absolute atomic E-state index is 13.5. The third-order valence-electron chi connectivity index (χ3n) is 9.52. The Hall–Kier alpha value is -2.90. The fourth-order valence-electron chi connectivity index (χ4n) is 6.90. The third kappa shape index (κ3) is 4.10. The molecule has 3 aliphatic rings. The summed E-state index contributed by atoms with van der Waals surface area (Å²) in [6, 6.07) is 6.22. The van der Waals surface area contributed by atoms with E-state index in [9.17, 15) is 4.79 Å². The van der Waals surface area contributed by atoms with E-state index in [0.717, 1.165) is 55.0 Å². The lowest BCUT2D eigenvalue weighted by molar-refractivity contribution is 0.0817.